The van der Waals surface area contributed by atoms with Crippen LogP contribution in [0.5, 0.6) is 5.75 Å². The molecular formula is C14H18N2O2. The molecule has 1 saturated heterocycles. The fourth-order valence-corrected chi connectivity index (χ4v) is 2.66. The van der Waals surface area contributed by atoms with Gasteiger partial charge in [0.2, 0.25) is 5.91 Å². The van der Waals surface area contributed by atoms with E-state index < -0.39 is 0 Å². The molecule has 0 spiro atoms. The molecule has 4 heteroatoms. The van der Waals surface area contributed by atoms with E-state index in [0.29, 0.717) is 18.4 Å². The maximum Gasteiger partial charge on any atom is 0.220 e. The number of carbonyl (C=O) groups excluding carboxylic acids is 1. The lowest BCUT2D eigenvalue weighted by Crippen LogP contribution is -2.37. The Morgan fingerprint density at radius 3 is 3.06 bits per heavy atom. The van der Waals surface area contributed by atoms with Gasteiger partial charge < -0.3 is 15.4 Å². The summed E-state index contributed by atoms with van der Waals surface area (Å²) in [6.07, 6.45) is 1.62. The number of rotatable bonds is 4. The Balaban J connectivity index is 1.48. The lowest BCUT2D eigenvalue weighted by atomic mass is 10.0. The van der Waals surface area contributed by atoms with Crippen LogP contribution in [0.15, 0.2) is 24.3 Å². The van der Waals surface area contributed by atoms with Crippen molar-refractivity contribution < 1.29 is 9.53 Å². The molecule has 0 saturated carbocycles. The summed E-state index contributed by atoms with van der Waals surface area (Å²) in [6.45, 7) is 2.51. The highest BCUT2D eigenvalue weighted by Crippen LogP contribution is 2.32. The first-order chi connectivity index (χ1) is 8.83. The maximum absolute atomic E-state index is 11.1. The van der Waals surface area contributed by atoms with Crippen molar-refractivity contribution in [2.75, 3.05) is 19.7 Å². The molecule has 1 aromatic carbocycles. The van der Waals surface area contributed by atoms with Gasteiger partial charge in [0, 0.05) is 37.0 Å². The van der Waals surface area contributed by atoms with E-state index >= 15 is 0 Å². The van der Waals surface area contributed by atoms with Crippen LogP contribution >= 0.6 is 0 Å². The molecule has 1 aromatic rings. The molecule has 2 N–H and O–H groups in total. The molecule has 2 aliphatic rings. The van der Waals surface area contributed by atoms with Crippen LogP contribution in [0.3, 0.4) is 0 Å². The molecule has 18 heavy (non-hydrogen) atoms. The summed E-state index contributed by atoms with van der Waals surface area (Å²) in [5, 5.41) is 6.40. The second-order valence-electron chi connectivity index (χ2n) is 5.01. The minimum atomic E-state index is 0.177. The van der Waals surface area contributed by atoms with Crippen molar-refractivity contribution in [2.24, 2.45) is 0 Å². The third-order valence-corrected chi connectivity index (χ3v) is 3.67. The summed E-state index contributed by atoms with van der Waals surface area (Å²) in [7, 11) is 0. The van der Waals surface area contributed by atoms with Crippen LogP contribution < -0.4 is 15.4 Å². The molecule has 2 heterocycles. The summed E-state index contributed by atoms with van der Waals surface area (Å²) in [4.78, 5) is 11.1. The zero-order chi connectivity index (χ0) is 12.4. The van der Waals surface area contributed by atoms with Gasteiger partial charge in [-0.15, -0.1) is 0 Å². The highest BCUT2D eigenvalue weighted by molar-refractivity contribution is 5.78. The number of carbonyl (C=O) groups is 1. The Morgan fingerprint density at radius 1 is 1.33 bits per heavy atom. The summed E-state index contributed by atoms with van der Waals surface area (Å²) in [5.41, 5.74) is 1.29. The van der Waals surface area contributed by atoms with Crippen molar-refractivity contribution >= 4 is 5.91 Å². The number of hydrogen-bond acceptors (Lipinski definition) is 3. The molecule has 2 atom stereocenters. The first kappa shape index (κ1) is 11.5. The van der Waals surface area contributed by atoms with Crippen molar-refractivity contribution in [1.29, 1.82) is 0 Å². The van der Waals surface area contributed by atoms with Crippen LogP contribution in [0.1, 0.15) is 24.3 Å². The number of ether oxygens (including phenoxy) is 1. The normalized spacial score (nSPS) is 25.7. The van der Waals surface area contributed by atoms with Crippen molar-refractivity contribution in [3.8, 4) is 5.75 Å². The minimum Gasteiger partial charge on any atom is -0.493 e. The average Bonchev–Trinajstić information content (AvgIpc) is 2.97. The highest BCUT2D eigenvalue weighted by atomic mass is 16.5. The van der Waals surface area contributed by atoms with Gasteiger partial charge in [0.05, 0.1) is 6.61 Å². The predicted molar refractivity (Wildman–Crippen MR) is 68.7 cm³/mol. The Bertz CT molecular complexity index is 447. The van der Waals surface area contributed by atoms with Crippen molar-refractivity contribution in [1.82, 2.24) is 10.6 Å². The monoisotopic (exact) mass is 246 g/mol. The number of hydrogen-bond donors (Lipinski definition) is 2. The van der Waals surface area contributed by atoms with Gasteiger partial charge in [0.1, 0.15) is 5.75 Å². The van der Waals surface area contributed by atoms with Crippen LogP contribution in [0, 0.1) is 0 Å². The van der Waals surface area contributed by atoms with Crippen LogP contribution in [-0.2, 0) is 4.79 Å². The maximum atomic E-state index is 11.1. The number of para-hydroxylation sites is 1. The van der Waals surface area contributed by atoms with Gasteiger partial charge in [-0.2, -0.15) is 0 Å². The number of amides is 1. The Kier molecular flexibility index (Phi) is 3.19. The second kappa shape index (κ2) is 4.98. The van der Waals surface area contributed by atoms with Gasteiger partial charge in [0.25, 0.3) is 0 Å². The molecule has 2 aliphatic heterocycles. The fourth-order valence-electron chi connectivity index (χ4n) is 2.66. The van der Waals surface area contributed by atoms with Gasteiger partial charge in [-0.05, 0) is 12.5 Å². The summed E-state index contributed by atoms with van der Waals surface area (Å²) in [6, 6.07) is 8.51. The standard InChI is InChI=1S/C14H18N2O2/c17-14-6-5-11(16-14)8-15-7-10-9-18-13-4-2-1-3-12(10)13/h1-4,10-11,15H,5-9H2,(H,16,17). The molecule has 1 fully saturated rings. The first-order valence-corrected chi connectivity index (χ1v) is 6.55. The largest absolute Gasteiger partial charge is 0.493 e. The fraction of sp³-hybridized carbons (Fsp3) is 0.500. The Morgan fingerprint density at radius 2 is 2.22 bits per heavy atom. The SMILES string of the molecule is O=C1CCC(CNCC2COc3ccccc32)N1. The third kappa shape index (κ3) is 2.34. The zero-order valence-electron chi connectivity index (χ0n) is 10.3. The van der Waals surface area contributed by atoms with Gasteiger partial charge in [-0.25, -0.2) is 0 Å². The summed E-state index contributed by atoms with van der Waals surface area (Å²) in [5.74, 6) is 1.62. The Hall–Kier alpha value is -1.55. The van der Waals surface area contributed by atoms with E-state index in [1.807, 2.05) is 12.1 Å². The Labute approximate surface area is 107 Å². The van der Waals surface area contributed by atoms with Crippen LogP contribution in [0.2, 0.25) is 0 Å². The molecule has 3 rings (SSSR count). The molecule has 0 bridgehead atoms. The van der Waals surface area contributed by atoms with Gasteiger partial charge in [-0.1, -0.05) is 18.2 Å². The van der Waals surface area contributed by atoms with E-state index in [2.05, 4.69) is 22.8 Å². The summed E-state index contributed by atoms with van der Waals surface area (Å²) >= 11 is 0. The quantitative estimate of drug-likeness (QED) is 0.834. The number of benzene rings is 1. The van der Waals surface area contributed by atoms with E-state index in [-0.39, 0.29) is 5.91 Å². The highest BCUT2D eigenvalue weighted by Gasteiger charge is 2.24. The third-order valence-electron chi connectivity index (χ3n) is 3.67. The average molecular weight is 246 g/mol. The lowest BCUT2D eigenvalue weighted by molar-refractivity contribution is -0.119. The van der Waals surface area contributed by atoms with E-state index in [1.54, 1.807) is 0 Å². The topological polar surface area (TPSA) is 50.4 Å². The van der Waals surface area contributed by atoms with Crippen LogP contribution in [0.25, 0.3) is 0 Å². The molecule has 0 aromatic heterocycles. The van der Waals surface area contributed by atoms with E-state index in [1.165, 1.54) is 5.56 Å². The molecule has 0 radical (unpaired) electrons. The van der Waals surface area contributed by atoms with E-state index in [4.69, 9.17) is 4.74 Å². The van der Waals surface area contributed by atoms with Crippen LogP contribution in [-0.4, -0.2) is 31.6 Å². The molecule has 2 unspecified atom stereocenters. The van der Waals surface area contributed by atoms with E-state index in [9.17, 15) is 4.79 Å². The second-order valence-corrected chi connectivity index (χ2v) is 5.01. The van der Waals surface area contributed by atoms with Gasteiger partial charge in [-0.3, -0.25) is 4.79 Å². The number of nitrogens with one attached hydrogen (secondary N) is 2. The number of fused-ring (bicyclic) bond motifs is 1. The smallest absolute Gasteiger partial charge is 0.220 e. The molecular weight excluding hydrogens is 228 g/mol. The van der Waals surface area contributed by atoms with Crippen LogP contribution in [0.4, 0.5) is 0 Å². The molecule has 4 nitrogen and oxygen atoms in total. The van der Waals surface area contributed by atoms with Gasteiger partial charge >= 0.3 is 0 Å². The van der Waals surface area contributed by atoms with Crippen molar-refractivity contribution in [3.05, 3.63) is 29.8 Å². The van der Waals surface area contributed by atoms with Crippen molar-refractivity contribution in [2.45, 2.75) is 24.8 Å². The lowest BCUT2D eigenvalue weighted by Gasteiger charge is -2.14. The zero-order valence-corrected chi connectivity index (χ0v) is 10.3. The van der Waals surface area contributed by atoms with E-state index in [0.717, 1.165) is 31.9 Å². The molecule has 96 valence electrons. The predicted octanol–water partition coefficient (Wildman–Crippen LogP) is 1.03. The van der Waals surface area contributed by atoms with Crippen molar-refractivity contribution in [3.63, 3.8) is 0 Å². The van der Waals surface area contributed by atoms with Gasteiger partial charge in [0.15, 0.2) is 0 Å². The first-order valence-electron chi connectivity index (χ1n) is 6.55. The molecule has 0 aliphatic carbocycles. The molecule has 1 amide bonds. The summed E-state index contributed by atoms with van der Waals surface area (Å²) < 4.78 is 5.64. The minimum absolute atomic E-state index is 0.177.